The lowest BCUT2D eigenvalue weighted by molar-refractivity contribution is 0.213. The topological polar surface area (TPSA) is 15.3 Å². The van der Waals surface area contributed by atoms with Gasteiger partial charge in [-0.15, -0.1) is 0 Å². The lowest BCUT2D eigenvalue weighted by Gasteiger charge is -2.30. The van der Waals surface area contributed by atoms with Crippen LogP contribution in [0.25, 0.3) is 0 Å². The quantitative estimate of drug-likeness (QED) is 0.879. The van der Waals surface area contributed by atoms with E-state index in [-0.39, 0.29) is 5.82 Å². The van der Waals surface area contributed by atoms with Gasteiger partial charge in [0.25, 0.3) is 0 Å². The van der Waals surface area contributed by atoms with Gasteiger partial charge in [-0.2, -0.15) is 0 Å². The minimum absolute atomic E-state index is 0.0876. The summed E-state index contributed by atoms with van der Waals surface area (Å²) in [4.78, 5) is 2.39. The molecule has 1 aromatic carbocycles. The SMILES string of the molecule is CC(Cc1ccccc1F)NCC1CCN(C)CC1. The molecule has 2 rings (SSSR count). The number of benzene rings is 1. The predicted octanol–water partition coefficient (Wildman–Crippen LogP) is 2.69. The van der Waals surface area contributed by atoms with Crippen LogP contribution in [0.1, 0.15) is 25.3 Å². The Hall–Kier alpha value is -0.930. The van der Waals surface area contributed by atoms with Crippen molar-refractivity contribution >= 4 is 0 Å². The van der Waals surface area contributed by atoms with Crippen LogP contribution in [0.4, 0.5) is 4.39 Å². The maximum Gasteiger partial charge on any atom is 0.126 e. The predicted molar refractivity (Wildman–Crippen MR) is 77.8 cm³/mol. The van der Waals surface area contributed by atoms with Crippen LogP contribution in [0.3, 0.4) is 0 Å². The van der Waals surface area contributed by atoms with Crippen molar-refractivity contribution in [2.24, 2.45) is 5.92 Å². The molecule has 3 heteroatoms. The van der Waals surface area contributed by atoms with E-state index in [4.69, 9.17) is 0 Å². The van der Waals surface area contributed by atoms with Crippen molar-refractivity contribution in [1.82, 2.24) is 10.2 Å². The Balaban J connectivity index is 1.73. The first-order chi connectivity index (χ1) is 9.15. The Morgan fingerprint density at radius 3 is 2.68 bits per heavy atom. The molecule has 0 bridgehead atoms. The van der Waals surface area contributed by atoms with E-state index in [1.807, 2.05) is 12.1 Å². The fourth-order valence-corrected chi connectivity index (χ4v) is 2.70. The summed E-state index contributed by atoms with van der Waals surface area (Å²) in [6, 6.07) is 7.40. The number of halogens is 1. The highest BCUT2D eigenvalue weighted by molar-refractivity contribution is 5.18. The molecule has 0 aromatic heterocycles. The third-order valence-corrected chi connectivity index (χ3v) is 4.08. The minimum atomic E-state index is -0.0876. The van der Waals surface area contributed by atoms with Gasteiger partial charge >= 0.3 is 0 Å². The summed E-state index contributed by atoms with van der Waals surface area (Å²) in [5, 5.41) is 3.56. The van der Waals surface area contributed by atoms with Gasteiger partial charge < -0.3 is 10.2 Å². The number of nitrogens with zero attached hydrogens (tertiary/aromatic N) is 1. The summed E-state index contributed by atoms with van der Waals surface area (Å²) in [5.41, 5.74) is 0.811. The largest absolute Gasteiger partial charge is 0.314 e. The van der Waals surface area contributed by atoms with Crippen molar-refractivity contribution in [2.45, 2.75) is 32.2 Å². The van der Waals surface area contributed by atoms with Crippen molar-refractivity contribution in [1.29, 1.82) is 0 Å². The van der Waals surface area contributed by atoms with Gasteiger partial charge in [0.05, 0.1) is 0 Å². The van der Waals surface area contributed by atoms with E-state index in [2.05, 4.69) is 24.2 Å². The Morgan fingerprint density at radius 2 is 2.00 bits per heavy atom. The van der Waals surface area contributed by atoms with E-state index in [0.29, 0.717) is 6.04 Å². The third kappa shape index (κ3) is 4.59. The number of rotatable bonds is 5. The number of piperidine rings is 1. The summed E-state index contributed by atoms with van der Waals surface area (Å²) in [5.74, 6) is 0.690. The molecular formula is C16H25FN2. The second-order valence-electron chi connectivity index (χ2n) is 5.85. The van der Waals surface area contributed by atoms with Crippen LogP contribution in [0.2, 0.25) is 0 Å². The summed E-state index contributed by atoms with van der Waals surface area (Å²) in [7, 11) is 2.18. The van der Waals surface area contributed by atoms with Gasteiger partial charge in [-0.3, -0.25) is 0 Å². The van der Waals surface area contributed by atoms with Gasteiger partial charge in [0, 0.05) is 6.04 Å². The molecule has 1 atom stereocenters. The number of likely N-dealkylation sites (tertiary alicyclic amines) is 1. The lowest BCUT2D eigenvalue weighted by Crippen LogP contribution is -2.38. The zero-order valence-corrected chi connectivity index (χ0v) is 12.0. The monoisotopic (exact) mass is 264 g/mol. The summed E-state index contributed by atoms with van der Waals surface area (Å²) in [6.07, 6.45) is 3.31. The summed E-state index contributed by atoms with van der Waals surface area (Å²) >= 11 is 0. The van der Waals surface area contributed by atoms with Gasteiger partial charge in [0.15, 0.2) is 0 Å². The molecule has 1 N–H and O–H groups in total. The van der Waals surface area contributed by atoms with Crippen LogP contribution in [0.15, 0.2) is 24.3 Å². The Labute approximate surface area is 116 Å². The van der Waals surface area contributed by atoms with E-state index in [9.17, 15) is 4.39 Å². The molecule has 0 aliphatic carbocycles. The molecule has 19 heavy (non-hydrogen) atoms. The zero-order valence-electron chi connectivity index (χ0n) is 12.0. The third-order valence-electron chi connectivity index (χ3n) is 4.08. The molecule has 1 heterocycles. The average molecular weight is 264 g/mol. The number of nitrogens with one attached hydrogen (secondary N) is 1. The van der Waals surface area contributed by atoms with Crippen LogP contribution in [-0.4, -0.2) is 37.6 Å². The molecule has 106 valence electrons. The van der Waals surface area contributed by atoms with Gasteiger partial charge in [-0.1, -0.05) is 18.2 Å². The average Bonchev–Trinajstić information content (AvgIpc) is 2.41. The Kier molecular flexibility index (Phi) is 5.34. The van der Waals surface area contributed by atoms with Crippen LogP contribution < -0.4 is 5.32 Å². The summed E-state index contributed by atoms with van der Waals surface area (Å²) in [6.45, 7) is 5.60. The second-order valence-corrected chi connectivity index (χ2v) is 5.85. The van der Waals surface area contributed by atoms with Crippen molar-refractivity contribution < 1.29 is 4.39 Å². The minimum Gasteiger partial charge on any atom is -0.314 e. The molecule has 0 amide bonds. The van der Waals surface area contributed by atoms with E-state index in [1.165, 1.54) is 25.9 Å². The van der Waals surface area contributed by atoms with E-state index in [1.54, 1.807) is 12.1 Å². The molecule has 2 nitrogen and oxygen atoms in total. The fourth-order valence-electron chi connectivity index (χ4n) is 2.70. The summed E-state index contributed by atoms with van der Waals surface area (Å²) < 4.78 is 13.6. The van der Waals surface area contributed by atoms with Crippen LogP contribution in [-0.2, 0) is 6.42 Å². The smallest absolute Gasteiger partial charge is 0.126 e. The standard InChI is InChI=1S/C16H25FN2/c1-13(11-15-5-3-4-6-16(15)17)18-12-14-7-9-19(2)10-8-14/h3-6,13-14,18H,7-12H2,1-2H3. The van der Waals surface area contributed by atoms with E-state index < -0.39 is 0 Å². The van der Waals surface area contributed by atoms with Crippen LogP contribution >= 0.6 is 0 Å². The van der Waals surface area contributed by atoms with E-state index >= 15 is 0 Å². The van der Waals surface area contributed by atoms with Gasteiger partial charge in [0.2, 0.25) is 0 Å². The lowest BCUT2D eigenvalue weighted by atomic mass is 9.96. The van der Waals surface area contributed by atoms with Gasteiger partial charge in [-0.25, -0.2) is 4.39 Å². The van der Waals surface area contributed by atoms with Crippen molar-refractivity contribution in [2.75, 3.05) is 26.7 Å². The molecular weight excluding hydrogens is 239 g/mol. The highest BCUT2D eigenvalue weighted by atomic mass is 19.1. The fraction of sp³-hybridized carbons (Fsp3) is 0.625. The Bertz CT molecular complexity index is 386. The number of hydrogen-bond donors (Lipinski definition) is 1. The first-order valence-electron chi connectivity index (χ1n) is 7.30. The van der Waals surface area contributed by atoms with Gasteiger partial charge in [0.1, 0.15) is 5.82 Å². The van der Waals surface area contributed by atoms with Crippen molar-refractivity contribution in [3.05, 3.63) is 35.6 Å². The van der Waals surface area contributed by atoms with Crippen LogP contribution in [0.5, 0.6) is 0 Å². The molecule has 1 saturated heterocycles. The van der Waals surface area contributed by atoms with Crippen molar-refractivity contribution in [3.63, 3.8) is 0 Å². The second kappa shape index (κ2) is 7.01. The zero-order chi connectivity index (χ0) is 13.7. The molecule has 1 fully saturated rings. The number of hydrogen-bond acceptors (Lipinski definition) is 2. The molecule has 1 unspecified atom stereocenters. The van der Waals surface area contributed by atoms with Crippen molar-refractivity contribution in [3.8, 4) is 0 Å². The molecule has 0 radical (unpaired) electrons. The first kappa shape index (κ1) is 14.5. The molecule has 0 saturated carbocycles. The Morgan fingerprint density at radius 1 is 1.32 bits per heavy atom. The first-order valence-corrected chi connectivity index (χ1v) is 7.30. The van der Waals surface area contributed by atoms with Gasteiger partial charge in [-0.05, 0) is 70.4 Å². The molecule has 1 aliphatic rings. The highest BCUT2D eigenvalue weighted by Gasteiger charge is 2.17. The maximum atomic E-state index is 13.6. The highest BCUT2D eigenvalue weighted by Crippen LogP contribution is 2.15. The normalized spacial score (nSPS) is 19.5. The van der Waals surface area contributed by atoms with E-state index in [0.717, 1.165) is 24.4 Å². The van der Waals surface area contributed by atoms with Crippen LogP contribution in [0, 0.1) is 11.7 Å². The molecule has 0 spiro atoms. The molecule has 1 aromatic rings. The maximum absolute atomic E-state index is 13.6. The molecule has 1 aliphatic heterocycles.